The molecule has 0 atom stereocenters. The maximum atomic E-state index is 11.9. The maximum Gasteiger partial charge on any atom is 0.241 e. The Balaban J connectivity index is 2.80. The van der Waals surface area contributed by atoms with Gasteiger partial charge in [-0.1, -0.05) is 6.92 Å². The average molecular weight is 286 g/mol. The SMILES string of the molecule is CCCNc1cc(S(=O)(=O)NCC(=O)NC)ccn1. The van der Waals surface area contributed by atoms with E-state index in [4.69, 9.17) is 0 Å². The number of pyridine rings is 1. The molecule has 0 bridgehead atoms. The molecule has 1 amide bonds. The quantitative estimate of drug-likeness (QED) is 0.651. The number of amides is 1. The molecule has 0 spiro atoms. The molecule has 0 aliphatic carbocycles. The average Bonchev–Trinajstić information content (AvgIpc) is 2.43. The van der Waals surface area contributed by atoms with Gasteiger partial charge in [-0.25, -0.2) is 18.1 Å². The minimum absolute atomic E-state index is 0.0741. The van der Waals surface area contributed by atoms with Crippen molar-refractivity contribution in [2.24, 2.45) is 0 Å². The molecular formula is C11H18N4O3S. The van der Waals surface area contributed by atoms with E-state index in [0.29, 0.717) is 12.4 Å². The third-order valence-electron chi connectivity index (χ3n) is 2.30. The first kappa shape index (κ1) is 15.4. The third kappa shape index (κ3) is 4.84. The van der Waals surface area contributed by atoms with Gasteiger partial charge in [0.15, 0.2) is 0 Å². The number of hydrogen-bond donors (Lipinski definition) is 3. The first-order chi connectivity index (χ1) is 8.99. The fourth-order valence-corrected chi connectivity index (χ4v) is 2.25. The van der Waals surface area contributed by atoms with Gasteiger partial charge in [-0.05, 0) is 12.5 Å². The van der Waals surface area contributed by atoms with Gasteiger partial charge < -0.3 is 10.6 Å². The zero-order valence-corrected chi connectivity index (χ0v) is 11.8. The Morgan fingerprint density at radius 2 is 2.16 bits per heavy atom. The molecule has 0 aliphatic rings. The van der Waals surface area contributed by atoms with Crippen LogP contribution in [0.25, 0.3) is 0 Å². The van der Waals surface area contributed by atoms with Crippen LogP contribution in [0, 0.1) is 0 Å². The van der Waals surface area contributed by atoms with E-state index in [0.717, 1.165) is 6.42 Å². The second kappa shape index (κ2) is 7.05. The number of aromatic nitrogens is 1. The first-order valence-electron chi connectivity index (χ1n) is 5.89. The Labute approximate surface area is 112 Å². The lowest BCUT2D eigenvalue weighted by Crippen LogP contribution is -2.35. The van der Waals surface area contributed by atoms with Crippen molar-refractivity contribution in [1.29, 1.82) is 0 Å². The second-order valence-corrected chi connectivity index (χ2v) is 5.57. The maximum absolute atomic E-state index is 11.9. The molecule has 0 fully saturated rings. The predicted octanol–water partition coefficient (Wildman–Crippen LogP) is -0.0722. The largest absolute Gasteiger partial charge is 0.370 e. The smallest absolute Gasteiger partial charge is 0.241 e. The molecule has 8 heteroatoms. The highest BCUT2D eigenvalue weighted by atomic mass is 32.2. The Morgan fingerprint density at radius 1 is 1.42 bits per heavy atom. The number of nitrogens with one attached hydrogen (secondary N) is 3. The van der Waals surface area contributed by atoms with Gasteiger partial charge in [-0.3, -0.25) is 4.79 Å². The van der Waals surface area contributed by atoms with E-state index in [2.05, 4.69) is 20.3 Å². The fourth-order valence-electron chi connectivity index (χ4n) is 1.26. The third-order valence-corrected chi connectivity index (χ3v) is 3.70. The molecule has 1 rings (SSSR count). The van der Waals surface area contributed by atoms with Crippen molar-refractivity contribution in [2.75, 3.05) is 25.5 Å². The van der Waals surface area contributed by atoms with E-state index in [9.17, 15) is 13.2 Å². The molecule has 0 unspecified atom stereocenters. The van der Waals surface area contributed by atoms with Crippen molar-refractivity contribution in [2.45, 2.75) is 18.2 Å². The van der Waals surface area contributed by atoms with Crippen LogP contribution in [0.5, 0.6) is 0 Å². The van der Waals surface area contributed by atoms with Crippen molar-refractivity contribution in [3.63, 3.8) is 0 Å². The normalized spacial score (nSPS) is 11.1. The summed E-state index contributed by atoms with van der Waals surface area (Å²) < 4.78 is 26.1. The van der Waals surface area contributed by atoms with Gasteiger partial charge in [-0.15, -0.1) is 0 Å². The summed E-state index contributed by atoms with van der Waals surface area (Å²) in [6.07, 6.45) is 2.32. The molecular weight excluding hydrogens is 268 g/mol. The lowest BCUT2D eigenvalue weighted by molar-refractivity contribution is -0.119. The van der Waals surface area contributed by atoms with Crippen LogP contribution in [0.2, 0.25) is 0 Å². The van der Waals surface area contributed by atoms with E-state index in [1.54, 1.807) is 0 Å². The van der Waals surface area contributed by atoms with Crippen molar-refractivity contribution in [1.82, 2.24) is 15.0 Å². The minimum atomic E-state index is -3.70. The highest BCUT2D eigenvalue weighted by Gasteiger charge is 2.15. The summed E-state index contributed by atoms with van der Waals surface area (Å²) in [5, 5.41) is 5.34. The van der Waals surface area contributed by atoms with E-state index >= 15 is 0 Å². The summed E-state index contributed by atoms with van der Waals surface area (Å²) >= 11 is 0. The summed E-state index contributed by atoms with van der Waals surface area (Å²) in [6.45, 7) is 2.42. The number of carbonyl (C=O) groups is 1. The van der Waals surface area contributed by atoms with Crippen LogP contribution in [0.15, 0.2) is 23.2 Å². The number of carbonyl (C=O) groups excluding carboxylic acids is 1. The lowest BCUT2D eigenvalue weighted by atomic mass is 10.4. The highest BCUT2D eigenvalue weighted by Crippen LogP contribution is 2.12. The number of hydrogen-bond acceptors (Lipinski definition) is 5. The molecule has 0 aliphatic heterocycles. The van der Waals surface area contributed by atoms with Crippen LogP contribution in [-0.2, 0) is 14.8 Å². The Bertz CT molecular complexity index is 530. The summed E-state index contributed by atoms with van der Waals surface area (Å²) in [6, 6.07) is 2.81. The van der Waals surface area contributed by atoms with Crippen LogP contribution in [-0.4, -0.2) is 39.4 Å². The van der Waals surface area contributed by atoms with Gasteiger partial charge in [0, 0.05) is 25.9 Å². The Morgan fingerprint density at radius 3 is 2.79 bits per heavy atom. The van der Waals surface area contributed by atoms with Crippen molar-refractivity contribution in [3.05, 3.63) is 18.3 Å². The number of anilines is 1. The predicted molar refractivity (Wildman–Crippen MR) is 72.3 cm³/mol. The Hall–Kier alpha value is -1.67. The minimum Gasteiger partial charge on any atom is -0.370 e. The van der Waals surface area contributed by atoms with E-state index in [-0.39, 0.29) is 11.4 Å². The van der Waals surface area contributed by atoms with Crippen LogP contribution < -0.4 is 15.4 Å². The van der Waals surface area contributed by atoms with E-state index in [1.165, 1.54) is 25.4 Å². The molecule has 19 heavy (non-hydrogen) atoms. The zero-order valence-electron chi connectivity index (χ0n) is 10.9. The molecule has 0 radical (unpaired) electrons. The van der Waals surface area contributed by atoms with Gasteiger partial charge >= 0.3 is 0 Å². The Kier molecular flexibility index (Phi) is 5.71. The molecule has 106 valence electrons. The molecule has 0 aromatic carbocycles. The van der Waals surface area contributed by atoms with Gasteiger partial charge in [0.1, 0.15) is 5.82 Å². The molecule has 1 heterocycles. The van der Waals surface area contributed by atoms with Gasteiger partial charge in [0.05, 0.1) is 11.4 Å². The summed E-state index contributed by atoms with van der Waals surface area (Å²) in [4.78, 5) is 15.1. The summed E-state index contributed by atoms with van der Waals surface area (Å²) in [7, 11) is -2.26. The lowest BCUT2D eigenvalue weighted by Gasteiger charge is -2.08. The van der Waals surface area contributed by atoms with Crippen LogP contribution in [0.1, 0.15) is 13.3 Å². The van der Waals surface area contributed by atoms with Crippen molar-refractivity contribution < 1.29 is 13.2 Å². The summed E-state index contributed by atoms with van der Waals surface area (Å²) in [5.41, 5.74) is 0. The van der Waals surface area contributed by atoms with Crippen LogP contribution >= 0.6 is 0 Å². The first-order valence-corrected chi connectivity index (χ1v) is 7.38. The van der Waals surface area contributed by atoms with Gasteiger partial charge in [-0.2, -0.15) is 0 Å². The second-order valence-electron chi connectivity index (χ2n) is 3.80. The number of sulfonamides is 1. The highest BCUT2D eigenvalue weighted by molar-refractivity contribution is 7.89. The van der Waals surface area contributed by atoms with Crippen LogP contribution in [0.3, 0.4) is 0 Å². The topological polar surface area (TPSA) is 100 Å². The van der Waals surface area contributed by atoms with Gasteiger partial charge in [0.25, 0.3) is 0 Å². The molecule has 3 N–H and O–H groups in total. The monoisotopic (exact) mass is 286 g/mol. The van der Waals surface area contributed by atoms with Crippen LogP contribution in [0.4, 0.5) is 5.82 Å². The zero-order chi connectivity index (χ0) is 14.3. The van der Waals surface area contributed by atoms with Gasteiger partial charge in [0.2, 0.25) is 15.9 Å². The number of rotatable bonds is 7. The molecule has 1 aromatic rings. The van der Waals surface area contributed by atoms with E-state index in [1.807, 2.05) is 6.92 Å². The standard InChI is InChI=1S/C11H18N4O3S/c1-3-5-13-10-7-9(4-6-14-10)19(17,18)15-8-11(16)12-2/h4,6-7,15H,3,5,8H2,1-2H3,(H,12,16)(H,13,14). The van der Waals surface area contributed by atoms with Crippen molar-refractivity contribution in [3.8, 4) is 0 Å². The number of likely N-dealkylation sites (N-methyl/N-ethyl adjacent to an activating group) is 1. The van der Waals surface area contributed by atoms with E-state index < -0.39 is 15.9 Å². The number of nitrogens with zero attached hydrogens (tertiary/aromatic N) is 1. The molecule has 7 nitrogen and oxygen atoms in total. The van der Waals surface area contributed by atoms with Crippen molar-refractivity contribution >= 4 is 21.7 Å². The molecule has 1 aromatic heterocycles. The fraction of sp³-hybridized carbons (Fsp3) is 0.455. The molecule has 0 saturated carbocycles. The molecule has 0 saturated heterocycles. The summed E-state index contributed by atoms with van der Waals surface area (Å²) in [5.74, 6) is 0.0895.